The van der Waals surface area contributed by atoms with Crippen LogP contribution in [0.2, 0.25) is 0 Å². The third kappa shape index (κ3) is 1130. The van der Waals surface area contributed by atoms with Crippen molar-refractivity contribution in [2.75, 3.05) is 7.11 Å². The molecule has 0 rings (SSSR count). The Kier molecular flexibility index (Phi) is 16000. The van der Waals surface area contributed by atoms with Crippen molar-refractivity contribution >= 4 is 0 Å². The summed E-state index contributed by atoms with van der Waals surface area (Å²) in [5.74, 6) is 0. The fraction of sp³-hybridized carbons (Fsp3) is 1.00. The van der Waals surface area contributed by atoms with Crippen molar-refractivity contribution in [1.29, 1.82) is 0 Å². The Morgan fingerprint density at radius 3 is 1.00 bits per heavy atom. The maximum atomic E-state index is 7.00. The molecule has 0 aromatic heterocycles. The molecular weight excluding hydrogens is 52.0 g/mol. The number of aliphatic hydroxyl groups is 1. The molecule has 0 radical (unpaired) electrons. The zero-order valence-electron chi connectivity index (χ0n) is 3.45. The van der Waals surface area contributed by atoms with Gasteiger partial charge >= 0.3 is 0 Å². The molecule has 1 nitrogen and oxygen atoms in total. The molecule has 1 N–H and O–H groups in total. The standard InChI is InChI=1S/C2H6.CH4O/c2*1-2/h1-2H3;2H,1H3. The number of hydrogen-bond acceptors (Lipinski definition) is 1. The molecule has 0 fully saturated rings. The zero-order chi connectivity index (χ0) is 4.00. The van der Waals surface area contributed by atoms with E-state index < -0.39 is 0 Å². The van der Waals surface area contributed by atoms with Crippen LogP contribution in [0.5, 0.6) is 0 Å². The van der Waals surface area contributed by atoms with Crippen LogP contribution in [-0.2, 0) is 0 Å². The van der Waals surface area contributed by atoms with Gasteiger partial charge in [-0.15, -0.1) is 0 Å². The van der Waals surface area contributed by atoms with E-state index >= 15 is 0 Å². The van der Waals surface area contributed by atoms with Gasteiger partial charge in [-0.25, -0.2) is 0 Å². The van der Waals surface area contributed by atoms with Gasteiger partial charge in [0.05, 0.1) is 0 Å². The fourth-order valence-electron chi connectivity index (χ4n) is 0. The van der Waals surface area contributed by atoms with Gasteiger partial charge in [-0.3, -0.25) is 0 Å². The molecule has 0 aromatic carbocycles. The second-order valence-corrected chi connectivity index (χ2v) is 0. The third-order valence-corrected chi connectivity index (χ3v) is 0. The molecule has 0 aromatic rings. The van der Waals surface area contributed by atoms with Gasteiger partial charge in [-0.2, -0.15) is 0 Å². The van der Waals surface area contributed by atoms with E-state index in [-0.39, 0.29) is 0 Å². The van der Waals surface area contributed by atoms with Crippen LogP contribution in [0.25, 0.3) is 0 Å². The van der Waals surface area contributed by atoms with Crippen LogP contribution in [0, 0.1) is 0 Å². The summed E-state index contributed by atoms with van der Waals surface area (Å²) in [4.78, 5) is 0. The molecule has 0 heterocycles. The van der Waals surface area contributed by atoms with E-state index in [1.165, 1.54) is 0 Å². The summed E-state index contributed by atoms with van der Waals surface area (Å²) in [5, 5.41) is 7.00. The maximum absolute atomic E-state index is 7.00. The summed E-state index contributed by atoms with van der Waals surface area (Å²) in [5.41, 5.74) is 0. The van der Waals surface area contributed by atoms with Crippen molar-refractivity contribution in [3.63, 3.8) is 0 Å². The van der Waals surface area contributed by atoms with Crippen LogP contribution in [-0.4, -0.2) is 12.2 Å². The molecule has 0 saturated heterocycles. The van der Waals surface area contributed by atoms with E-state index in [1.807, 2.05) is 13.8 Å². The van der Waals surface area contributed by atoms with E-state index in [0.29, 0.717) is 0 Å². The molecule has 0 spiro atoms. The first kappa shape index (κ1) is 9.03. The molecular formula is C3H10O. The van der Waals surface area contributed by atoms with Crippen molar-refractivity contribution in [1.82, 2.24) is 0 Å². The predicted molar refractivity (Wildman–Crippen MR) is 19.5 cm³/mol. The summed E-state index contributed by atoms with van der Waals surface area (Å²) >= 11 is 0. The Labute approximate surface area is 27.3 Å². The Hall–Kier alpha value is -0.0400. The summed E-state index contributed by atoms with van der Waals surface area (Å²) in [6.07, 6.45) is 0. The monoisotopic (exact) mass is 62.1 g/mol. The van der Waals surface area contributed by atoms with Crippen LogP contribution >= 0.6 is 0 Å². The lowest BCUT2D eigenvalue weighted by Crippen LogP contribution is -1.25. The lowest BCUT2D eigenvalue weighted by molar-refractivity contribution is 0.399. The van der Waals surface area contributed by atoms with Crippen molar-refractivity contribution < 1.29 is 5.11 Å². The van der Waals surface area contributed by atoms with Gasteiger partial charge in [0, 0.05) is 7.11 Å². The van der Waals surface area contributed by atoms with Crippen LogP contribution in [0.1, 0.15) is 13.8 Å². The highest BCUT2D eigenvalue weighted by atomic mass is 16.2. The normalized spacial score (nSPS) is 3.00. The largest absolute Gasteiger partial charge is 0.400 e. The Bertz CT molecular complexity index is 3.25. The van der Waals surface area contributed by atoms with Gasteiger partial charge in [0.25, 0.3) is 0 Å². The van der Waals surface area contributed by atoms with E-state index in [2.05, 4.69) is 0 Å². The Balaban J connectivity index is 0. The highest BCUT2D eigenvalue weighted by Gasteiger charge is 0.932. The highest BCUT2D eigenvalue weighted by Crippen LogP contribution is 1.14. The van der Waals surface area contributed by atoms with Gasteiger partial charge in [-0.05, 0) is 0 Å². The molecule has 0 unspecified atom stereocenters. The average Bonchev–Trinajstić information content (AvgIpc) is 1.50. The summed E-state index contributed by atoms with van der Waals surface area (Å²) in [7, 11) is 1.00. The second kappa shape index (κ2) is 7110. The quantitative estimate of drug-likeness (QED) is 0.436. The van der Waals surface area contributed by atoms with E-state index in [0.717, 1.165) is 7.11 Å². The molecule has 0 aliphatic rings. The lowest BCUT2D eigenvalue weighted by Gasteiger charge is -1.21. The minimum atomic E-state index is 1.00. The van der Waals surface area contributed by atoms with Gasteiger partial charge in [-0.1, -0.05) is 13.8 Å². The third-order valence-electron chi connectivity index (χ3n) is 0. The first-order valence-corrected chi connectivity index (χ1v) is 1.45. The van der Waals surface area contributed by atoms with Crippen LogP contribution in [0.4, 0.5) is 0 Å². The van der Waals surface area contributed by atoms with Gasteiger partial charge in [0.15, 0.2) is 0 Å². The molecule has 0 amide bonds. The SMILES string of the molecule is CC.CO. The molecule has 4 heavy (non-hydrogen) atoms. The molecule has 0 aliphatic heterocycles. The van der Waals surface area contributed by atoms with Crippen LogP contribution < -0.4 is 0 Å². The van der Waals surface area contributed by atoms with Crippen LogP contribution in [0.15, 0.2) is 0 Å². The average molecular weight is 62.1 g/mol. The molecule has 28 valence electrons. The first-order chi connectivity index (χ1) is 2.00. The Morgan fingerprint density at radius 1 is 1.00 bits per heavy atom. The van der Waals surface area contributed by atoms with Gasteiger partial charge in [0.1, 0.15) is 0 Å². The highest BCUT2D eigenvalue weighted by molar-refractivity contribution is 3.50. The van der Waals surface area contributed by atoms with Gasteiger partial charge in [0.2, 0.25) is 0 Å². The predicted octanol–water partition coefficient (Wildman–Crippen LogP) is 0.635. The summed E-state index contributed by atoms with van der Waals surface area (Å²) < 4.78 is 0. The van der Waals surface area contributed by atoms with E-state index in [9.17, 15) is 0 Å². The number of hydrogen-bond donors (Lipinski definition) is 1. The second-order valence-electron chi connectivity index (χ2n) is 0. The smallest absolute Gasteiger partial charge is 0.0319 e. The minimum Gasteiger partial charge on any atom is -0.400 e. The maximum Gasteiger partial charge on any atom is 0.0319 e. The molecule has 0 aliphatic carbocycles. The molecule has 0 atom stereocenters. The summed E-state index contributed by atoms with van der Waals surface area (Å²) in [6, 6.07) is 0. The number of rotatable bonds is 0. The minimum absolute atomic E-state index is 1.00. The molecule has 0 bridgehead atoms. The Morgan fingerprint density at radius 2 is 1.00 bits per heavy atom. The lowest BCUT2D eigenvalue weighted by atomic mass is 11.0. The topological polar surface area (TPSA) is 20.2 Å². The van der Waals surface area contributed by atoms with Crippen molar-refractivity contribution in [2.24, 2.45) is 0 Å². The first-order valence-electron chi connectivity index (χ1n) is 1.45. The van der Waals surface area contributed by atoms with Crippen molar-refractivity contribution in [3.05, 3.63) is 0 Å². The van der Waals surface area contributed by atoms with Crippen molar-refractivity contribution in [2.45, 2.75) is 13.8 Å². The molecule has 1 heteroatoms. The van der Waals surface area contributed by atoms with Crippen molar-refractivity contribution in [3.8, 4) is 0 Å². The van der Waals surface area contributed by atoms with E-state index in [4.69, 9.17) is 5.11 Å². The number of aliphatic hydroxyl groups excluding tert-OH is 1. The fourth-order valence-corrected chi connectivity index (χ4v) is 0. The van der Waals surface area contributed by atoms with E-state index in [1.54, 1.807) is 0 Å². The molecule has 0 saturated carbocycles. The van der Waals surface area contributed by atoms with Gasteiger partial charge < -0.3 is 5.11 Å². The summed E-state index contributed by atoms with van der Waals surface area (Å²) in [6.45, 7) is 4.00. The van der Waals surface area contributed by atoms with Crippen LogP contribution in [0.3, 0.4) is 0 Å². The zero-order valence-corrected chi connectivity index (χ0v) is 3.45.